The Kier molecular flexibility index (Phi) is 4.01. The molecule has 0 aliphatic rings. The number of carboxylic acid groups (broad SMARTS) is 1. The van der Waals surface area contributed by atoms with Gasteiger partial charge in [0.25, 0.3) is 0 Å². The molecule has 7 heteroatoms. The Morgan fingerprint density at radius 3 is 2.88 bits per heavy atom. The fraction of sp³-hybridized carbons (Fsp3) is 0.444. The Labute approximate surface area is 92.1 Å². The Bertz CT molecular complexity index is 363. The number of carboxylic acids is 1. The Morgan fingerprint density at radius 1 is 1.69 bits per heavy atom. The fourth-order valence-corrected chi connectivity index (χ4v) is 1.11. The van der Waals surface area contributed by atoms with Gasteiger partial charge in [0.2, 0.25) is 5.91 Å². The van der Waals surface area contributed by atoms with E-state index in [4.69, 9.17) is 10.8 Å². The summed E-state index contributed by atoms with van der Waals surface area (Å²) in [5.74, 6) is -1.59. The van der Waals surface area contributed by atoms with Gasteiger partial charge in [-0.05, 0) is 6.92 Å². The summed E-state index contributed by atoms with van der Waals surface area (Å²) < 4.78 is 0. The number of rotatable bonds is 5. The van der Waals surface area contributed by atoms with E-state index in [9.17, 15) is 9.59 Å². The van der Waals surface area contributed by atoms with Crippen LogP contribution in [0.1, 0.15) is 12.6 Å². The molecule has 0 spiro atoms. The minimum Gasteiger partial charge on any atom is -0.480 e. The van der Waals surface area contributed by atoms with Crippen molar-refractivity contribution in [3.63, 3.8) is 0 Å². The highest BCUT2D eigenvalue weighted by molar-refractivity contribution is 5.86. The monoisotopic (exact) mass is 226 g/mol. The van der Waals surface area contributed by atoms with Gasteiger partial charge in [0, 0.05) is 18.3 Å². The number of nitrogens with one attached hydrogen (secondary N) is 2. The van der Waals surface area contributed by atoms with Crippen LogP contribution in [-0.4, -0.2) is 39.0 Å². The number of amides is 1. The molecule has 0 saturated heterocycles. The first-order valence-corrected chi connectivity index (χ1v) is 4.76. The zero-order chi connectivity index (χ0) is 12.1. The molecule has 0 fully saturated rings. The van der Waals surface area contributed by atoms with Crippen molar-refractivity contribution in [2.45, 2.75) is 25.4 Å². The van der Waals surface area contributed by atoms with Crippen LogP contribution in [0.25, 0.3) is 0 Å². The number of aliphatic carboxylic acids is 1. The van der Waals surface area contributed by atoms with Crippen molar-refractivity contribution in [1.82, 2.24) is 15.3 Å². The molecule has 0 aliphatic carbocycles. The molecule has 5 N–H and O–H groups in total. The topological polar surface area (TPSA) is 121 Å². The molecule has 7 nitrogen and oxygen atoms in total. The molecule has 1 heterocycles. The van der Waals surface area contributed by atoms with Crippen LogP contribution < -0.4 is 11.1 Å². The van der Waals surface area contributed by atoms with E-state index in [0.717, 1.165) is 5.69 Å². The second kappa shape index (κ2) is 5.26. The van der Waals surface area contributed by atoms with Crippen LogP contribution in [0.5, 0.6) is 0 Å². The number of carbonyl (C=O) groups is 2. The van der Waals surface area contributed by atoms with E-state index >= 15 is 0 Å². The molecule has 1 aromatic heterocycles. The molecular weight excluding hydrogens is 212 g/mol. The highest BCUT2D eigenvalue weighted by Crippen LogP contribution is 1.96. The second-order valence-electron chi connectivity index (χ2n) is 3.46. The number of hydrogen-bond acceptors (Lipinski definition) is 4. The Balaban J connectivity index is 2.45. The number of aromatic nitrogens is 2. The lowest BCUT2D eigenvalue weighted by Gasteiger charge is -2.13. The molecule has 88 valence electrons. The molecule has 1 amide bonds. The zero-order valence-corrected chi connectivity index (χ0v) is 8.80. The SMILES string of the molecule is C[C@H](NC(=O)[C@H](N)Cc1cnc[nH]1)C(=O)O. The first-order chi connectivity index (χ1) is 7.50. The molecule has 0 aromatic carbocycles. The first kappa shape index (κ1) is 12.2. The van der Waals surface area contributed by atoms with Gasteiger partial charge in [0.1, 0.15) is 6.04 Å². The normalized spacial score (nSPS) is 14.1. The first-order valence-electron chi connectivity index (χ1n) is 4.76. The van der Waals surface area contributed by atoms with E-state index in [0.29, 0.717) is 0 Å². The summed E-state index contributed by atoms with van der Waals surface area (Å²) >= 11 is 0. The van der Waals surface area contributed by atoms with Gasteiger partial charge in [-0.15, -0.1) is 0 Å². The van der Waals surface area contributed by atoms with Crippen LogP contribution in [-0.2, 0) is 16.0 Å². The summed E-state index contributed by atoms with van der Waals surface area (Å²) in [7, 11) is 0. The molecule has 2 atom stereocenters. The van der Waals surface area contributed by atoms with Crippen molar-refractivity contribution in [1.29, 1.82) is 0 Å². The lowest BCUT2D eigenvalue weighted by Crippen LogP contribution is -2.48. The smallest absolute Gasteiger partial charge is 0.325 e. The molecule has 0 radical (unpaired) electrons. The van der Waals surface area contributed by atoms with Crippen LogP contribution in [0, 0.1) is 0 Å². The van der Waals surface area contributed by atoms with Crippen LogP contribution in [0.3, 0.4) is 0 Å². The number of hydrogen-bond donors (Lipinski definition) is 4. The van der Waals surface area contributed by atoms with Gasteiger partial charge >= 0.3 is 5.97 Å². The number of carbonyl (C=O) groups excluding carboxylic acids is 1. The third-order valence-corrected chi connectivity index (χ3v) is 2.06. The maximum absolute atomic E-state index is 11.5. The number of nitrogens with zero attached hydrogens (tertiary/aromatic N) is 1. The fourth-order valence-electron chi connectivity index (χ4n) is 1.11. The number of aromatic amines is 1. The van der Waals surface area contributed by atoms with E-state index in [1.54, 1.807) is 6.20 Å². The van der Waals surface area contributed by atoms with Crippen molar-refractivity contribution >= 4 is 11.9 Å². The predicted octanol–water partition coefficient (Wildman–Crippen LogP) is -1.13. The van der Waals surface area contributed by atoms with E-state index in [2.05, 4.69) is 15.3 Å². The van der Waals surface area contributed by atoms with E-state index in [1.165, 1.54) is 13.3 Å². The standard InChI is InChI=1S/C9H14N4O3/c1-5(9(15)16)13-8(14)7(10)2-6-3-11-4-12-6/h3-5,7H,2,10H2,1H3,(H,11,12)(H,13,14)(H,15,16)/t5-,7+/m0/s1. The van der Waals surface area contributed by atoms with Gasteiger partial charge in [-0.1, -0.05) is 0 Å². The van der Waals surface area contributed by atoms with Crippen LogP contribution in [0.15, 0.2) is 12.5 Å². The third-order valence-electron chi connectivity index (χ3n) is 2.06. The largest absolute Gasteiger partial charge is 0.480 e. The molecule has 0 unspecified atom stereocenters. The number of imidazole rings is 1. The molecule has 0 aliphatic heterocycles. The maximum atomic E-state index is 11.5. The van der Waals surface area contributed by atoms with Crippen LogP contribution >= 0.6 is 0 Å². The summed E-state index contributed by atoms with van der Waals surface area (Å²) in [4.78, 5) is 28.6. The molecule has 16 heavy (non-hydrogen) atoms. The van der Waals surface area contributed by atoms with Gasteiger partial charge in [-0.2, -0.15) is 0 Å². The van der Waals surface area contributed by atoms with Gasteiger partial charge in [-0.3, -0.25) is 9.59 Å². The minimum absolute atomic E-state index is 0.290. The summed E-state index contributed by atoms with van der Waals surface area (Å²) in [6.45, 7) is 1.38. The van der Waals surface area contributed by atoms with Crippen molar-refractivity contribution in [2.24, 2.45) is 5.73 Å². The van der Waals surface area contributed by atoms with Crippen molar-refractivity contribution in [3.05, 3.63) is 18.2 Å². The third kappa shape index (κ3) is 3.35. The van der Waals surface area contributed by atoms with Gasteiger partial charge in [0.05, 0.1) is 12.4 Å². The summed E-state index contributed by atoms with van der Waals surface area (Å²) in [6.07, 6.45) is 3.34. The Morgan fingerprint density at radius 2 is 2.38 bits per heavy atom. The van der Waals surface area contributed by atoms with Crippen LogP contribution in [0.2, 0.25) is 0 Å². The Hall–Kier alpha value is -1.89. The van der Waals surface area contributed by atoms with Gasteiger partial charge < -0.3 is 21.1 Å². The van der Waals surface area contributed by atoms with Crippen LogP contribution in [0.4, 0.5) is 0 Å². The average Bonchev–Trinajstić information content (AvgIpc) is 2.69. The van der Waals surface area contributed by atoms with Gasteiger partial charge in [0.15, 0.2) is 0 Å². The maximum Gasteiger partial charge on any atom is 0.325 e. The summed E-state index contributed by atoms with van der Waals surface area (Å²) in [6, 6.07) is -1.73. The van der Waals surface area contributed by atoms with E-state index in [1.807, 2.05) is 0 Å². The number of H-pyrrole nitrogens is 1. The van der Waals surface area contributed by atoms with Gasteiger partial charge in [-0.25, -0.2) is 4.98 Å². The molecule has 1 rings (SSSR count). The lowest BCUT2D eigenvalue weighted by molar-refractivity contribution is -0.141. The molecule has 0 bridgehead atoms. The zero-order valence-electron chi connectivity index (χ0n) is 8.80. The average molecular weight is 226 g/mol. The molecule has 0 saturated carbocycles. The second-order valence-corrected chi connectivity index (χ2v) is 3.46. The predicted molar refractivity (Wildman–Crippen MR) is 55.5 cm³/mol. The summed E-state index contributed by atoms with van der Waals surface area (Å²) in [5.41, 5.74) is 6.33. The number of nitrogens with two attached hydrogens (primary N) is 1. The van der Waals surface area contributed by atoms with E-state index < -0.39 is 24.0 Å². The lowest BCUT2D eigenvalue weighted by atomic mass is 10.1. The van der Waals surface area contributed by atoms with Crippen molar-refractivity contribution in [3.8, 4) is 0 Å². The summed E-state index contributed by atoms with van der Waals surface area (Å²) in [5, 5.41) is 10.9. The highest BCUT2D eigenvalue weighted by Gasteiger charge is 2.19. The quantitative estimate of drug-likeness (QED) is 0.506. The highest BCUT2D eigenvalue weighted by atomic mass is 16.4. The van der Waals surface area contributed by atoms with Crippen molar-refractivity contribution < 1.29 is 14.7 Å². The van der Waals surface area contributed by atoms with E-state index in [-0.39, 0.29) is 6.42 Å². The molecule has 1 aromatic rings. The minimum atomic E-state index is -1.10. The van der Waals surface area contributed by atoms with Crippen molar-refractivity contribution in [2.75, 3.05) is 0 Å². The molecular formula is C9H14N4O3.